The molecule has 1 aliphatic carbocycles. The normalized spacial score (nSPS) is 16.4. The predicted octanol–water partition coefficient (Wildman–Crippen LogP) is 3.25. The van der Waals surface area contributed by atoms with Gasteiger partial charge in [-0.3, -0.25) is 0 Å². The van der Waals surface area contributed by atoms with E-state index in [0.717, 1.165) is 12.8 Å². The highest BCUT2D eigenvalue weighted by molar-refractivity contribution is 6.30. The molecule has 0 amide bonds. The second-order valence-electron chi connectivity index (χ2n) is 4.19. The fraction of sp³-hybridized carbons (Fsp3) is 0.583. The first-order valence-electron chi connectivity index (χ1n) is 5.92. The van der Waals surface area contributed by atoms with E-state index in [1.165, 1.54) is 25.1 Å². The Hall–Kier alpha value is -0.870. The maximum Gasteiger partial charge on any atom is 0.166 e. The minimum atomic E-state index is -0.432. The highest BCUT2D eigenvalue weighted by atomic mass is 35.5. The zero-order valence-corrected chi connectivity index (χ0v) is 10.3. The number of ether oxygens (including phenoxy) is 1. The molecule has 0 saturated heterocycles. The van der Waals surface area contributed by atoms with Crippen LogP contribution in [0.15, 0.2) is 12.3 Å². The molecule has 1 saturated carbocycles. The SMILES string of the molecule is Fc1cc(Cl)cnc1NCCOC1CCCC1. The molecule has 1 heterocycles. The Labute approximate surface area is 105 Å². The minimum absolute atomic E-state index is 0.226. The Morgan fingerprint density at radius 2 is 2.24 bits per heavy atom. The van der Waals surface area contributed by atoms with Crippen LogP contribution in [-0.2, 0) is 4.74 Å². The molecule has 1 aromatic heterocycles. The molecule has 0 unspecified atom stereocenters. The van der Waals surface area contributed by atoms with Gasteiger partial charge in [-0.1, -0.05) is 24.4 Å². The van der Waals surface area contributed by atoms with Gasteiger partial charge in [0.05, 0.1) is 17.7 Å². The van der Waals surface area contributed by atoms with Crippen LogP contribution in [0.1, 0.15) is 25.7 Å². The molecule has 0 radical (unpaired) electrons. The third kappa shape index (κ3) is 3.82. The van der Waals surface area contributed by atoms with Gasteiger partial charge in [0.25, 0.3) is 0 Å². The quantitative estimate of drug-likeness (QED) is 0.824. The van der Waals surface area contributed by atoms with Crippen molar-refractivity contribution in [3.05, 3.63) is 23.1 Å². The van der Waals surface area contributed by atoms with Crippen LogP contribution in [0.2, 0.25) is 5.02 Å². The molecule has 0 bridgehead atoms. The van der Waals surface area contributed by atoms with Gasteiger partial charge in [0.15, 0.2) is 11.6 Å². The number of pyridine rings is 1. The summed E-state index contributed by atoms with van der Waals surface area (Å²) in [6.07, 6.45) is 6.61. The van der Waals surface area contributed by atoms with Gasteiger partial charge in [0, 0.05) is 12.7 Å². The molecule has 2 rings (SSSR count). The van der Waals surface area contributed by atoms with Crippen LogP contribution in [0.4, 0.5) is 10.2 Å². The lowest BCUT2D eigenvalue weighted by Gasteiger charge is -2.12. The summed E-state index contributed by atoms with van der Waals surface area (Å²) in [7, 11) is 0. The first-order chi connectivity index (χ1) is 8.25. The molecule has 0 aliphatic heterocycles. The summed E-state index contributed by atoms with van der Waals surface area (Å²) in [5.41, 5.74) is 0. The Morgan fingerprint density at radius 1 is 1.47 bits per heavy atom. The zero-order chi connectivity index (χ0) is 12.1. The maximum absolute atomic E-state index is 13.3. The van der Waals surface area contributed by atoms with Crippen molar-refractivity contribution in [3.8, 4) is 0 Å². The molecular weight excluding hydrogens is 243 g/mol. The summed E-state index contributed by atoms with van der Waals surface area (Å²) >= 11 is 5.61. The van der Waals surface area contributed by atoms with Crippen LogP contribution >= 0.6 is 11.6 Å². The van der Waals surface area contributed by atoms with Crippen LogP contribution in [0, 0.1) is 5.82 Å². The van der Waals surface area contributed by atoms with Crippen molar-refractivity contribution in [2.24, 2.45) is 0 Å². The monoisotopic (exact) mass is 258 g/mol. The van der Waals surface area contributed by atoms with E-state index < -0.39 is 5.82 Å². The summed E-state index contributed by atoms with van der Waals surface area (Å²) in [6.45, 7) is 1.14. The first-order valence-corrected chi connectivity index (χ1v) is 6.30. The van der Waals surface area contributed by atoms with Crippen LogP contribution in [0.3, 0.4) is 0 Å². The van der Waals surface area contributed by atoms with Crippen LogP contribution in [-0.4, -0.2) is 24.2 Å². The van der Waals surface area contributed by atoms with E-state index in [1.807, 2.05) is 0 Å². The molecule has 0 spiro atoms. The van der Waals surface area contributed by atoms with Crippen molar-refractivity contribution in [3.63, 3.8) is 0 Å². The van der Waals surface area contributed by atoms with Crippen molar-refractivity contribution in [1.82, 2.24) is 4.98 Å². The Kier molecular flexibility index (Phi) is 4.57. The second kappa shape index (κ2) is 6.17. The topological polar surface area (TPSA) is 34.2 Å². The predicted molar refractivity (Wildman–Crippen MR) is 65.9 cm³/mol. The van der Waals surface area contributed by atoms with E-state index in [2.05, 4.69) is 10.3 Å². The van der Waals surface area contributed by atoms with Gasteiger partial charge in [0.2, 0.25) is 0 Å². The number of nitrogens with zero attached hydrogens (tertiary/aromatic N) is 1. The summed E-state index contributed by atoms with van der Waals surface area (Å²) in [5.74, 6) is -0.206. The maximum atomic E-state index is 13.3. The lowest BCUT2D eigenvalue weighted by atomic mass is 10.3. The largest absolute Gasteiger partial charge is 0.376 e. The number of rotatable bonds is 5. The highest BCUT2D eigenvalue weighted by Gasteiger charge is 2.14. The Morgan fingerprint density at radius 3 is 2.94 bits per heavy atom. The number of aromatic nitrogens is 1. The lowest BCUT2D eigenvalue weighted by Crippen LogP contribution is -2.16. The van der Waals surface area contributed by atoms with Crippen LogP contribution < -0.4 is 5.32 Å². The van der Waals surface area contributed by atoms with Gasteiger partial charge >= 0.3 is 0 Å². The molecule has 0 aromatic carbocycles. The standard InChI is InChI=1S/C12H16ClFN2O/c13-9-7-11(14)12(16-8-9)15-5-6-17-10-3-1-2-4-10/h7-8,10H,1-6H2,(H,15,16). The van der Waals surface area contributed by atoms with E-state index in [9.17, 15) is 4.39 Å². The number of nitrogens with one attached hydrogen (secondary N) is 1. The summed E-state index contributed by atoms with van der Waals surface area (Å²) in [5, 5.41) is 3.20. The minimum Gasteiger partial charge on any atom is -0.376 e. The van der Waals surface area contributed by atoms with E-state index >= 15 is 0 Å². The van der Waals surface area contributed by atoms with Crippen molar-refractivity contribution >= 4 is 17.4 Å². The van der Waals surface area contributed by atoms with Gasteiger partial charge in [-0.15, -0.1) is 0 Å². The first kappa shape index (κ1) is 12.6. The zero-order valence-electron chi connectivity index (χ0n) is 9.59. The van der Waals surface area contributed by atoms with Crippen molar-refractivity contribution in [2.75, 3.05) is 18.5 Å². The summed E-state index contributed by atoms with van der Waals surface area (Å²) in [4.78, 5) is 3.87. The highest BCUT2D eigenvalue weighted by Crippen LogP contribution is 2.20. The molecule has 0 atom stereocenters. The number of hydrogen-bond acceptors (Lipinski definition) is 3. The lowest BCUT2D eigenvalue weighted by molar-refractivity contribution is 0.0658. The van der Waals surface area contributed by atoms with Crippen LogP contribution in [0.5, 0.6) is 0 Å². The van der Waals surface area contributed by atoms with Gasteiger partial charge < -0.3 is 10.1 Å². The molecule has 17 heavy (non-hydrogen) atoms. The van der Waals surface area contributed by atoms with E-state index in [1.54, 1.807) is 0 Å². The van der Waals surface area contributed by atoms with E-state index in [-0.39, 0.29) is 5.82 Å². The average molecular weight is 259 g/mol. The fourth-order valence-corrected chi connectivity index (χ4v) is 2.14. The Balaban J connectivity index is 1.70. The molecule has 94 valence electrons. The van der Waals surface area contributed by atoms with Crippen LogP contribution in [0.25, 0.3) is 0 Å². The van der Waals surface area contributed by atoms with E-state index in [4.69, 9.17) is 16.3 Å². The fourth-order valence-electron chi connectivity index (χ4n) is 1.99. The molecule has 1 N–H and O–H groups in total. The third-order valence-corrected chi connectivity index (χ3v) is 3.06. The number of anilines is 1. The summed E-state index contributed by atoms with van der Waals surface area (Å²) < 4.78 is 19.0. The van der Waals surface area contributed by atoms with Gasteiger partial charge in [-0.2, -0.15) is 0 Å². The van der Waals surface area contributed by atoms with Gasteiger partial charge in [-0.05, 0) is 18.9 Å². The smallest absolute Gasteiger partial charge is 0.166 e. The molecular formula is C12H16ClFN2O. The van der Waals surface area contributed by atoms with Crippen molar-refractivity contribution in [1.29, 1.82) is 0 Å². The molecule has 1 aromatic rings. The van der Waals surface area contributed by atoms with Crippen molar-refractivity contribution < 1.29 is 9.13 Å². The molecule has 3 nitrogen and oxygen atoms in total. The summed E-state index contributed by atoms with van der Waals surface area (Å²) in [6, 6.07) is 1.24. The van der Waals surface area contributed by atoms with Gasteiger partial charge in [-0.25, -0.2) is 9.37 Å². The number of hydrogen-bond donors (Lipinski definition) is 1. The molecule has 1 fully saturated rings. The molecule has 5 heteroatoms. The average Bonchev–Trinajstić information content (AvgIpc) is 2.79. The van der Waals surface area contributed by atoms with E-state index in [0.29, 0.717) is 24.3 Å². The Bertz CT molecular complexity index is 370. The third-order valence-electron chi connectivity index (χ3n) is 2.86. The van der Waals surface area contributed by atoms with Crippen molar-refractivity contribution in [2.45, 2.75) is 31.8 Å². The van der Waals surface area contributed by atoms with Gasteiger partial charge in [0.1, 0.15) is 0 Å². The number of halogens is 2. The second-order valence-corrected chi connectivity index (χ2v) is 4.62. The molecule has 1 aliphatic rings.